The maximum Gasteiger partial charge on any atom is 0.248 e. The molecule has 1 saturated heterocycles. The van der Waals surface area contributed by atoms with Gasteiger partial charge in [-0.25, -0.2) is 8.78 Å². The average molecular weight is 335 g/mol. The third kappa shape index (κ3) is 4.61. The van der Waals surface area contributed by atoms with Gasteiger partial charge in [-0.2, -0.15) is 0 Å². The summed E-state index contributed by atoms with van der Waals surface area (Å²) in [5, 5.41) is 20.0. The van der Waals surface area contributed by atoms with Crippen LogP contribution in [-0.2, 0) is 9.53 Å². The standard InChI is InChI=1S/C16H27F2NO4/c1-10(2)7-19(12-8-23-9-13(20)14(12)21)15(22)11-3-5-16(17,18)6-4-11/h10-14,20-21H,3-9H2,1-2H3/t12-,13-,14+/m1/s1. The molecule has 0 aromatic heterocycles. The molecule has 2 N–H and O–H groups in total. The first kappa shape index (κ1) is 18.5. The predicted octanol–water partition coefficient (Wildman–Crippen LogP) is 1.42. The van der Waals surface area contributed by atoms with Crippen LogP contribution in [0.3, 0.4) is 0 Å². The van der Waals surface area contributed by atoms with Gasteiger partial charge in [0.05, 0.1) is 19.3 Å². The molecule has 0 bridgehead atoms. The number of aliphatic hydroxyl groups excluding tert-OH is 2. The number of ether oxygens (including phenoxy) is 1. The smallest absolute Gasteiger partial charge is 0.248 e. The SMILES string of the molecule is CC(C)CN(C(=O)C1CCC(F)(F)CC1)[C@@H]1COC[C@@H](O)[C@H]1O. The molecule has 1 amide bonds. The molecule has 0 unspecified atom stereocenters. The van der Waals surface area contributed by atoms with E-state index in [1.54, 1.807) is 0 Å². The number of alkyl halides is 2. The first-order valence-corrected chi connectivity index (χ1v) is 8.33. The Morgan fingerprint density at radius 2 is 1.87 bits per heavy atom. The van der Waals surface area contributed by atoms with Crippen molar-refractivity contribution in [1.82, 2.24) is 4.90 Å². The largest absolute Gasteiger partial charge is 0.388 e. The minimum atomic E-state index is -2.68. The summed E-state index contributed by atoms with van der Waals surface area (Å²) in [4.78, 5) is 14.4. The zero-order valence-corrected chi connectivity index (χ0v) is 13.8. The molecule has 1 aliphatic heterocycles. The number of halogens is 2. The highest BCUT2D eigenvalue weighted by Crippen LogP contribution is 2.37. The van der Waals surface area contributed by atoms with Gasteiger partial charge in [0.2, 0.25) is 11.8 Å². The molecule has 0 radical (unpaired) electrons. The number of hydrogen-bond donors (Lipinski definition) is 2. The summed E-state index contributed by atoms with van der Waals surface area (Å²) >= 11 is 0. The van der Waals surface area contributed by atoms with Crippen molar-refractivity contribution < 1.29 is 28.5 Å². The van der Waals surface area contributed by atoms with E-state index in [2.05, 4.69) is 0 Å². The van der Waals surface area contributed by atoms with Gasteiger partial charge in [0.25, 0.3) is 0 Å². The molecule has 5 nitrogen and oxygen atoms in total. The third-order valence-corrected chi connectivity index (χ3v) is 4.68. The van der Waals surface area contributed by atoms with E-state index in [4.69, 9.17) is 4.74 Å². The lowest BCUT2D eigenvalue weighted by atomic mass is 9.85. The van der Waals surface area contributed by atoms with Crippen LogP contribution in [0.5, 0.6) is 0 Å². The number of amides is 1. The summed E-state index contributed by atoms with van der Waals surface area (Å²) in [6.07, 6.45) is -2.33. The van der Waals surface area contributed by atoms with Gasteiger partial charge < -0.3 is 19.8 Å². The highest BCUT2D eigenvalue weighted by atomic mass is 19.3. The van der Waals surface area contributed by atoms with Crippen LogP contribution >= 0.6 is 0 Å². The zero-order chi connectivity index (χ0) is 17.2. The third-order valence-electron chi connectivity index (χ3n) is 4.68. The topological polar surface area (TPSA) is 70.0 Å². The molecule has 2 fully saturated rings. The number of rotatable bonds is 4. The molecule has 3 atom stereocenters. The molecule has 1 heterocycles. The number of nitrogens with zero attached hydrogens (tertiary/aromatic N) is 1. The van der Waals surface area contributed by atoms with Crippen LogP contribution in [0.2, 0.25) is 0 Å². The van der Waals surface area contributed by atoms with E-state index in [1.165, 1.54) is 4.90 Å². The molecule has 1 aliphatic carbocycles. The molecule has 1 saturated carbocycles. The van der Waals surface area contributed by atoms with Gasteiger partial charge in [0.1, 0.15) is 12.2 Å². The minimum Gasteiger partial charge on any atom is -0.388 e. The van der Waals surface area contributed by atoms with Crippen LogP contribution in [0.1, 0.15) is 39.5 Å². The van der Waals surface area contributed by atoms with Crippen molar-refractivity contribution in [3.05, 3.63) is 0 Å². The van der Waals surface area contributed by atoms with Crippen LogP contribution < -0.4 is 0 Å². The fourth-order valence-corrected chi connectivity index (χ4v) is 3.34. The molecule has 23 heavy (non-hydrogen) atoms. The molecule has 2 rings (SSSR count). The second-order valence-electron chi connectivity index (χ2n) is 7.18. The second-order valence-corrected chi connectivity index (χ2v) is 7.18. The predicted molar refractivity (Wildman–Crippen MR) is 80.1 cm³/mol. The van der Waals surface area contributed by atoms with Crippen molar-refractivity contribution >= 4 is 5.91 Å². The normalized spacial score (nSPS) is 32.0. The monoisotopic (exact) mass is 335 g/mol. The van der Waals surface area contributed by atoms with E-state index < -0.39 is 30.1 Å². The van der Waals surface area contributed by atoms with Crippen LogP contribution in [0.4, 0.5) is 8.78 Å². The molecule has 2 aliphatic rings. The van der Waals surface area contributed by atoms with Crippen molar-refractivity contribution in [1.29, 1.82) is 0 Å². The lowest BCUT2D eigenvalue weighted by Crippen LogP contribution is -2.59. The lowest BCUT2D eigenvalue weighted by molar-refractivity contribution is -0.163. The van der Waals surface area contributed by atoms with Gasteiger partial charge in [0, 0.05) is 25.3 Å². The van der Waals surface area contributed by atoms with E-state index in [0.29, 0.717) is 6.54 Å². The number of carbonyl (C=O) groups excluding carboxylic acids is 1. The first-order valence-electron chi connectivity index (χ1n) is 8.33. The van der Waals surface area contributed by atoms with Crippen LogP contribution in [0.25, 0.3) is 0 Å². The summed E-state index contributed by atoms with van der Waals surface area (Å²) < 4.78 is 31.9. The van der Waals surface area contributed by atoms with Gasteiger partial charge >= 0.3 is 0 Å². The Bertz CT molecular complexity index is 409. The van der Waals surface area contributed by atoms with Crippen molar-refractivity contribution in [2.45, 2.75) is 63.7 Å². The Balaban J connectivity index is 2.09. The fourth-order valence-electron chi connectivity index (χ4n) is 3.34. The molecule has 134 valence electrons. The Morgan fingerprint density at radius 3 is 2.43 bits per heavy atom. The van der Waals surface area contributed by atoms with Crippen LogP contribution in [0.15, 0.2) is 0 Å². The molecular formula is C16H27F2NO4. The van der Waals surface area contributed by atoms with Gasteiger partial charge in [-0.15, -0.1) is 0 Å². The molecule has 7 heteroatoms. The number of aliphatic hydroxyl groups is 2. The average Bonchev–Trinajstić information content (AvgIpc) is 2.47. The fraction of sp³-hybridized carbons (Fsp3) is 0.938. The van der Waals surface area contributed by atoms with Gasteiger partial charge in [0.15, 0.2) is 0 Å². The quantitative estimate of drug-likeness (QED) is 0.815. The summed E-state index contributed by atoms with van der Waals surface area (Å²) in [5.74, 6) is -3.17. The van der Waals surface area contributed by atoms with Crippen LogP contribution in [0, 0.1) is 11.8 Å². The number of hydrogen-bond acceptors (Lipinski definition) is 4. The van der Waals surface area contributed by atoms with E-state index >= 15 is 0 Å². The van der Waals surface area contributed by atoms with E-state index in [-0.39, 0.29) is 50.7 Å². The lowest BCUT2D eigenvalue weighted by Gasteiger charge is -2.42. The van der Waals surface area contributed by atoms with Gasteiger partial charge in [-0.1, -0.05) is 13.8 Å². The van der Waals surface area contributed by atoms with E-state index in [9.17, 15) is 23.8 Å². The first-order chi connectivity index (χ1) is 10.7. The Morgan fingerprint density at radius 1 is 1.26 bits per heavy atom. The van der Waals surface area contributed by atoms with Crippen molar-refractivity contribution in [3.63, 3.8) is 0 Å². The van der Waals surface area contributed by atoms with Crippen LogP contribution in [-0.4, -0.2) is 65.0 Å². The van der Waals surface area contributed by atoms with Gasteiger partial charge in [-0.3, -0.25) is 4.79 Å². The molecule has 0 spiro atoms. The van der Waals surface area contributed by atoms with Crippen molar-refractivity contribution in [2.75, 3.05) is 19.8 Å². The Hall–Kier alpha value is -0.790. The van der Waals surface area contributed by atoms with Crippen molar-refractivity contribution in [3.8, 4) is 0 Å². The summed E-state index contributed by atoms with van der Waals surface area (Å²) in [5.41, 5.74) is 0. The summed E-state index contributed by atoms with van der Waals surface area (Å²) in [6, 6.07) is -0.629. The highest BCUT2D eigenvalue weighted by Gasteiger charge is 2.43. The minimum absolute atomic E-state index is 0.0387. The highest BCUT2D eigenvalue weighted by molar-refractivity contribution is 5.79. The summed E-state index contributed by atoms with van der Waals surface area (Å²) in [6.45, 7) is 4.49. The zero-order valence-electron chi connectivity index (χ0n) is 13.8. The maximum atomic E-state index is 13.3. The second kappa shape index (κ2) is 7.40. The van der Waals surface area contributed by atoms with E-state index in [0.717, 1.165) is 0 Å². The van der Waals surface area contributed by atoms with Crippen molar-refractivity contribution in [2.24, 2.45) is 11.8 Å². The molecule has 0 aromatic carbocycles. The Kier molecular flexibility index (Phi) is 5.97. The number of carbonyl (C=O) groups is 1. The Labute approximate surface area is 135 Å². The van der Waals surface area contributed by atoms with E-state index in [1.807, 2.05) is 13.8 Å². The summed E-state index contributed by atoms with van der Waals surface area (Å²) in [7, 11) is 0. The molecule has 0 aromatic rings. The van der Waals surface area contributed by atoms with Gasteiger partial charge in [-0.05, 0) is 18.8 Å². The molecular weight excluding hydrogens is 308 g/mol. The maximum absolute atomic E-state index is 13.3.